The first-order valence-corrected chi connectivity index (χ1v) is 13.3. The molecule has 0 spiro atoms. The van der Waals surface area contributed by atoms with Crippen molar-refractivity contribution in [3.63, 3.8) is 0 Å². The number of hydrogen-bond donors (Lipinski definition) is 1. The lowest BCUT2D eigenvalue weighted by Crippen LogP contribution is -2.52. The Bertz CT molecular complexity index is 1170. The molecule has 198 valence electrons. The van der Waals surface area contributed by atoms with Gasteiger partial charge in [0.05, 0.1) is 17.5 Å². The van der Waals surface area contributed by atoms with Gasteiger partial charge in [-0.25, -0.2) is 8.42 Å². The lowest BCUT2D eigenvalue weighted by molar-refractivity contribution is -0.139. The highest BCUT2D eigenvalue weighted by Gasteiger charge is 2.33. The van der Waals surface area contributed by atoms with Crippen LogP contribution in [0.25, 0.3) is 0 Å². The number of sulfonamides is 1. The lowest BCUT2D eigenvalue weighted by Gasteiger charge is -2.32. The number of anilines is 1. The first kappa shape index (κ1) is 29.4. The molecular formula is C24H29ClF3N3O4S. The third-order valence-electron chi connectivity index (χ3n) is 5.58. The van der Waals surface area contributed by atoms with Crippen LogP contribution < -0.4 is 9.62 Å². The van der Waals surface area contributed by atoms with E-state index in [-0.39, 0.29) is 18.3 Å². The summed E-state index contributed by atoms with van der Waals surface area (Å²) < 4.78 is 65.3. The van der Waals surface area contributed by atoms with Crippen molar-refractivity contribution in [2.75, 3.05) is 17.1 Å². The minimum absolute atomic E-state index is 0.0503. The Morgan fingerprint density at radius 2 is 1.69 bits per heavy atom. The number of carbonyl (C=O) groups is 2. The van der Waals surface area contributed by atoms with Gasteiger partial charge in [0.25, 0.3) is 0 Å². The van der Waals surface area contributed by atoms with Crippen LogP contribution in [-0.4, -0.2) is 50.0 Å². The van der Waals surface area contributed by atoms with E-state index in [0.717, 1.165) is 18.4 Å². The maximum absolute atomic E-state index is 13.4. The maximum Gasteiger partial charge on any atom is 0.416 e. The van der Waals surface area contributed by atoms with Crippen molar-refractivity contribution >= 4 is 39.1 Å². The topological polar surface area (TPSA) is 86.8 Å². The number of rotatable bonds is 10. The van der Waals surface area contributed by atoms with Crippen LogP contribution in [0.15, 0.2) is 48.5 Å². The second-order valence-corrected chi connectivity index (χ2v) is 10.8. The number of nitrogens with one attached hydrogen (secondary N) is 1. The zero-order valence-electron chi connectivity index (χ0n) is 20.3. The summed E-state index contributed by atoms with van der Waals surface area (Å²) in [6, 6.07) is 9.07. The molecule has 7 nitrogen and oxygen atoms in total. The van der Waals surface area contributed by atoms with E-state index in [1.165, 1.54) is 17.9 Å². The summed E-state index contributed by atoms with van der Waals surface area (Å²) in [7, 11) is -4.16. The predicted molar refractivity (Wildman–Crippen MR) is 133 cm³/mol. The molecule has 2 aromatic carbocycles. The molecule has 2 amide bonds. The third kappa shape index (κ3) is 8.12. The molecule has 0 bridgehead atoms. The molecule has 0 fully saturated rings. The van der Waals surface area contributed by atoms with E-state index in [0.29, 0.717) is 27.4 Å². The van der Waals surface area contributed by atoms with Crippen molar-refractivity contribution < 1.29 is 31.2 Å². The largest absolute Gasteiger partial charge is 0.416 e. The Balaban J connectivity index is 2.43. The number of benzene rings is 2. The fraction of sp³-hybridized carbons (Fsp3) is 0.417. The summed E-state index contributed by atoms with van der Waals surface area (Å²) in [5, 5.41) is 3.25. The number of nitrogens with zero attached hydrogens (tertiary/aromatic N) is 2. The molecule has 36 heavy (non-hydrogen) atoms. The van der Waals surface area contributed by atoms with E-state index in [1.807, 2.05) is 6.92 Å². The minimum atomic E-state index is -4.70. The Morgan fingerprint density at radius 1 is 1.08 bits per heavy atom. The van der Waals surface area contributed by atoms with Crippen LogP contribution >= 0.6 is 11.6 Å². The highest BCUT2D eigenvalue weighted by atomic mass is 35.5. The molecule has 2 aromatic rings. The molecule has 12 heteroatoms. The minimum Gasteiger partial charge on any atom is -0.352 e. The summed E-state index contributed by atoms with van der Waals surface area (Å²) in [5.74, 6) is -1.21. The van der Waals surface area contributed by atoms with Gasteiger partial charge in [-0.1, -0.05) is 36.7 Å². The number of alkyl halides is 3. The Kier molecular flexibility index (Phi) is 9.78. The van der Waals surface area contributed by atoms with Crippen LogP contribution in [0.3, 0.4) is 0 Å². The van der Waals surface area contributed by atoms with Gasteiger partial charge in [-0.3, -0.25) is 13.9 Å². The van der Waals surface area contributed by atoms with Crippen molar-refractivity contribution in [1.82, 2.24) is 10.2 Å². The number of hydrogen-bond acceptors (Lipinski definition) is 4. The zero-order chi connectivity index (χ0) is 27.3. The van der Waals surface area contributed by atoms with Gasteiger partial charge in [-0.05, 0) is 56.2 Å². The van der Waals surface area contributed by atoms with Crippen LogP contribution in [0.4, 0.5) is 18.9 Å². The SMILES string of the molecule is CC[C@H](C)NC(=O)[C@@H](C)N(Cc1ccc(Cl)cc1)C(=O)CN(c1cccc(C(F)(F)F)c1)S(C)(=O)=O. The fourth-order valence-electron chi connectivity index (χ4n) is 3.29. The van der Waals surface area contributed by atoms with Crippen molar-refractivity contribution in [3.8, 4) is 0 Å². The Labute approximate surface area is 214 Å². The summed E-state index contributed by atoms with van der Waals surface area (Å²) in [6.07, 6.45) is -3.25. The summed E-state index contributed by atoms with van der Waals surface area (Å²) in [5.41, 5.74) is -0.745. The molecule has 0 aliphatic heterocycles. The predicted octanol–water partition coefficient (Wildman–Crippen LogP) is 4.46. The van der Waals surface area contributed by atoms with Crippen molar-refractivity contribution in [1.29, 1.82) is 0 Å². The van der Waals surface area contributed by atoms with Gasteiger partial charge < -0.3 is 10.2 Å². The molecule has 2 atom stereocenters. The summed E-state index contributed by atoms with van der Waals surface area (Å²) >= 11 is 5.93. The summed E-state index contributed by atoms with van der Waals surface area (Å²) in [6.45, 7) is 4.33. The molecular weight excluding hydrogens is 519 g/mol. The number of halogens is 4. The average Bonchev–Trinajstić information content (AvgIpc) is 2.80. The average molecular weight is 548 g/mol. The second kappa shape index (κ2) is 12.0. The second-order valence-electron chi connectivity index (χ2n) is 8.46. The molecule has 0 aliphatic rings. The Morgan fingerprint density at radius 3 is 2.22 bits per heavy atom. The van der Waals surface area contributed by atoms with Crippen LogP contribution in [0.5, 0.6) is 0 Å². The van der Waals surface area contributed by atoms with E-state index in [1.54, 1.807) is 31.2 Å². The first-order chi connectivity index (χ1) is 16.6. The van der Waals surface area contributed by atoms with Crippen molar-refractivity contribution in [2.45, 2.75) is 52.0 Å². The molecule has 0 unspecified atom stereocenters. The quantitative estimate of drug-likeness (QED) is 0.476. The molecule has 0 aliphatic carbocycles. The molecule has 2 rings (SSSR count). The van der Waals surface area contributed by atoms with Crippen LogP contribution in [0.2, 0.25) is 5.02 Å². The maximum atomic E-state index is 13.4. The Hall–Kier alpha value is -2.79. The smallest absolute Gasteiger partial charge is 0.352 e. The van der Waals surface area contributed by atoms with Gasteiger partial charge in [-0.2, -0.15) is 13.2 Å². The fourth-order valence-corrected chi connectivity index (χ4v) is 4.25. The van der Waals surface area contributed by atoms with Crippen molar-refractivity contribution in [3.05, 3.63) is 64.7 Å². The molecule has 0 aromatic heterocycles. The molecule has 0 saturated carbocycles. The van der Waals surface area contributed by atoms with Gasteiger partial charge >= 0.3 is 6.18 Å². The van der Waals surface area contributed by atoms with E-state index >= 15 is 0 Å². The number of carbonyl (C=O) groups excluding carboxylic acids is 2. The molecule has 1 N–H and O–H groups in total. The van der Waals surface area contributed by atoms with Crippen LogP contribution in [-0.2, 0) is 32.3 Å². The van der Waals surface area contributed by atoms with E-state index in [9.17, 15) is 31.2 Å². The van der Waals surface area contributed by atoms with Crippen LogP contribution in [0.1, 0.15) is 38.3 Å². The highest BCUT2D eigenvalue weighted by Crippen LogP contribution is 2.32. The number of amides is 2. The monoisotopic (exact) mass is 547 g/mol. The van der Waals surface area contributed by atoms with Crippen LogP contribution in [0, 0.1) is 0 Å². The third-order valence-corrected chi connectivity index (χ3v) is 6.97. The van der Waals surface area contributed by atoms with E-state index < -0.39 is 46.2 Å². The molecule has 0 saturated heterocycles. The normalized spacial score (nSPS) is 13.6. The van der Waals surface area contributed by atoms with Gasteiger partial charge in [0.15, 0.2) is 0 Å². The van der Waals surface area contributed by atoms with Gasteiger partial charge in [0.1, 0.15) is 12.6 Å². The molecule has 0 radical (unpaired) electrons. The van der Waals surface area contributed by atoms with E-state index in [2.05, 4.69) is 5.32 Å². The zero-order valence-corrected chi connectivity index (χ0v) is 21.9. The van der Waals surface area contributed by atoms with E-state index in [4.69, 9.17) is 11.6 Å². The summed E-state index contributed by atoms with van der Waals surface area (Å²) in [4.78, 5) is 27.4. The molecule has 0 heterocycles. The van der Waals surface area contributed by atoms with Crippen molar-refractivity contribution in [2.24, 2.45) is 0 Å². The van der Waals surface area contributed by atoms with Gasteiger partial charge in [0.2, 0.25) is 21.8 Å². The lowest BCUT2D eigenvalue weighted by atomic mass is 10.1. The first-order valence-electron chi connectivity index (χ1n) is 11.1. The van der Waals surface area contributed by atoms with Gasteiger partial charge in [0, 0.05) is 17.6 Å². The highest BCUT2D eigenvalue weighted by molar-refractivity contribution is 7.92. The van der Waals surface area contributed by atoms with Gasteiger partial charge in [-0.15, -0.1) is 0 Å². The standard InChI is InChI=1S/C24H29ClF3N3O4S/c1-5-16(2)29-23(33)17(3)30(14-18-9-11-20(25)12-10-18)22(32)15-31(36(4,34)35)21-8-6-7-19(13-21)24(26,27)28/h6-13,16-17H,5,14-15H2,1-4H3,(H,29,33)/t16-,17+/m0/s1.